The van der Waals surface area contributed by atoms with Crippen LogP contribution in [0.1, 0.15) is 15.9 Å². The third kappa shape index (κ3) is 9.10. The SMILES string of the molecule is Cc1cc[c-]cc1.O=C(O)c1cc[c-]cc1.[Y].[Y]. The fraction of sp³-hybridized carbons (Fsp3) is 0.0714. The summed E-state index contributed by atoms with van der Waals surface area (Å²) in [6.07, 6.45) is 0. The Balaban J connectivity index is 0. The predicted octanol–water partition coefficient (Wildman–Crippen LogP) is 2.98. The first-order valence-corrected chi connectivity index (χ1v) is 4.82. The topological polar surface area (TPSA) is 37.3 Å². The Bertz CT molecular complexity index is 430. The molecule has 2 rings (SSSR count). The van der Waals surface area contributed by atoms with Gasteiger partial charge in [-0.15, -0.1) is 0 Å². The van der Waals surface area contributed by atoms with Gasteiger partial charge in [0.15, 0.2) is 0 Å². The second-order valence-corrected chi connectivity index (χ2v) is 3.17. The average molecular weight is 390 g/mol. The number of benzene rings is 2. The Kier molecular flexibility index (Phi) is 13.8. The van der Waals surface area contributed by atoms with Crippen molar-refractivity contribution >= 4 is 5.97 Å². The van der Waals surface area contributed by atoms with Gasteiger partial charge in [-0.05, 0) is 5.56 Å². The largest absolute Gasteiger partial charge is 0.479 e. The standard InChI is InChI=1S/C7H5O2.C7H7.2Y/c8-7(9)6-4-2-1-3-5-6;1-7-5-3-2-4-6-7;;/h2-5H,(H,8,9);3-6H,1H3;;/q2*-1;;. The van der Waals surface area contributed by atoms with Crippen molar-refractivity contribution in [3.8, 4) is 0 Å². The zero-order chi connectivity index (χ0) is 11.8. The molecule has 0 atom stereocenters. The Morgan fingerprint density at radius 2 is 1.33 bits per heavy atom. The Morgan fingerprint density at radius 1 is 0.944 bits per heavy atom. The van der Waals surface area contributed by atoms with Crippen molar-refractivity contribution in [1.29, 1.82) is 0 Å². The molecule has 2 aromatic rings. The molecule has 0 heterocycles. The number of hydrogen-bond acceptors (Lipinski definition) is 1. The second-order valence-electron chi connectivity index (χ2n) is 3.17. The first-order chi connectivity index (χ1) is 7.70. The van der Waals surface area contributed by atoms with E-state index >= 15 is 0 Å². The van der Waals surface area contributed by atoms with Crippen molar-refractivity contribution in [3.05, 3.63) is 71.8 Å². The van der Waals surface area contributed by atoms with Crippen molar-refractivity contribution in [2.75, 3.05) is 0 Å². The predicted molar refractivity (Wildman–Crippen MR) is 62.3 cm³/mol. The Morgan fingerprint density at radius 3 is 1.56 bits per heavy atom. The van der Waals surface area contributed by atoms with Crippen LogP contribution in [-0.2, 0) is 65.4 Å². The molecular weight excluding hydrogens is 378 g/mol. The number of hydrogen-bond donors (Lipinski definition) is 1. The van der Waals surface area contributed by atoms with E-state index in [2.05, 4.69) is 19.1 Å². The molecule has 2 radical (unpaired) electrons. The third-order valence-corrected chi connectivity index (χ3v) is 1.85. The maximum atomic E-state index is 10.2. The van der Waals surface area contributed by atoms with Crippen LogP contribution in [0.5, 0.6) is 0 Å². The number of aryl methyl sites for hydroxylation is 1. The van der Waals surface area contributed by atoms with E-state index in [1.807, 2.05) is 24.3 Å². The van der Waals surface area contributed by atoms with Crippen molar-refractivity contribution in [3.63, 3.8) is 0 Å². The van der Waals surface area contributed by atoms with Crippen LogP contribution < -0.4 is 0 Å². The number of carboxylic acid groups (broad SMARTS) is 1. The maximum Gasteiger partial charge on any atom is 0.311 e. The summed E-state index contributed by atoms with van der Waals surface area (Å²) < 4.78 is 0. The molecule has 0 aliphatic rings. The van der Waals surface area contributed by atoms with Crippen LogP contribution in [0.2, 0.25) is 0 Å². The molecule has 1 N–H and O–H groups in total. The van der Waals surface area contributed by atoms with Gasteiger partial charge in [0.25, 0.3) is 0 Å². The first-order valence-electron chi connectivity index (χ1n) is 4.82. The molecule has 0 bridgehead atoms. The van der Waals surface area contributed by atoms with Crippen LogP contribution in [0.25, 0.3) is 0 Å². The van der Waals surface area contributed by atoms with Gasteiger partial charge in [-0.3, -0.25) is 0 Å². The fourth-order valence-corrected chi connectivity index (χ4v) is 1.000. The minimum atomic E-state index is -0.899. The van der Waals surface area contributed by atoms with Crippen LogP contribution in [0, 0.1) is 19.1 Å². The molecule has 0 fully saturated rings. The molecule has 2 aromatic carbocycles. The van der Waals surface area contributed by atoms with Gasteiger partial charge in [-0.25, -0.2) is 4.79 Å². The van der Waals surface area contributed by atoms with Crippen LogP contribution in [0.15, 0.2) is 48.5 Å². The third-order valence-electron chi connectivity index (χ3n) is 1.85. The van der Waals surface area contributed by atoms with E-state index in [-0.39, 0.29) is 65.4 Å². The van der Waals surface area contributed by atoms with Gasteiger partial charge in [0.2, 0.25) is 0 Å². The van der Waals surface area contributed by atoms with Crippen LogP contribution in [-0.4, -0.2) is 11.1 Å². The summed E-state index contributed by atoms with van der Waals surface area (Å²) in [7, 11) is 0. The molecular formula is C14H12O2Y2-2. The van der Waals surface area contributed by atoms with Gasteiger partial charge in [0.1, 0.15) is 0 Å². The summed E-state index contributed by atoms with van der Waals surface area (Å²) in [5.41, 5.74) is 1.59. The number of rotatable bonds is 1. The van der Waals surface area contributed by atoms with Crippen molar-refractivity contribution in [2.45, 2.75) is 6.92 Å². The van der Waals surface area contributed by atoms with Crippen molar-refractivity contribution < 1.29 is 75.3 Å². The Hall–Kier alpha value is 0.118. The zero-order valence-electron chi connectivity index (χ0n) is 10.1. The molecule has 88 valence electrons. The van der Waals surface area contributed by atoms with E-state index in [9.17, 15) is 4.79 Å². The van der Waals surface area contributed by atoms with Gasteiger partial charge in [0.05, 0.1) is 0 Å². The molecule has 0 saturated heterocycles. The minimum Gasteiger partial charge on any atom is -0.479 e. The van der Waals surface area contributed by atoms with Gasteiger partial charge in [-0.2, -0.15) is 66.2 Å². The second kappa shape index (κ2) is 12.2. The summed E-state index contributed by atoms with van der Waals surface area (Å²) in [6.45, 7) is 2.06. The Labute approximate surface area is 158 Å². The number of carbonyl (C=O) groups is 1. The zero-order valence-corrected chi connectivity index (χ0v) is 15.8. The fourth-order valence-electron chi connectivity index (χ4n) is 1.000. The molecule has 0 saturated carbocycles. The summed E-state index contributed by atoms with van der Waals surface area (Å²) in [6, 6.07) is 19.7. The monoisotopic (exact) mass is 390 g/mol. The summed E-state index contributed by atoms with van der Waals surface area (Å²) in [4.78, 5) is 10.2. The molecule has 0 spiro atoms. The molecule has 4 heteroatoms. The van der Waals surface area contributed by atoms with E-state index in [1.165, 1.54) is 17.7 Å². The number of aromatic carboxylic acids is 1. The van der Waals surface area contributed by atoms with Gasteiger partial charge in [-0.1, -0.05) is 6.92 Å². The van der Waals surface area contributed by atoms with Crippen LogP contribution >= 0.6 is 0 Å². The van der Waals surface area contributed by atoms with E-state index in [4.69, 9.17) is 5.11 Å². The molecule has 0 unspecified atom stereocenters. The van der Waals surface area contributed by atoms with E-state index in [1.54, 1.807) is 12.1 Å². The molecule has 0 aromatic heterocycles. The summed E-state index contributed by atoms with van der Waals surface area (Å²) in [5.74, 6) is -0.899. The molecule has 0 amide bonds. The summed E-state index contributed by atoms with van der Waals surface area (Å²) in [5, 5.41) is 8.37. The maximum absolute atomic E-state index is 10.2. The quantitative estimate of drug-likeness (QED) is 0.761. The van der Waals surface area contributed by atoms with Crippen LogP contribution in [0.4, 0.5) is 0 Å². The van der Waals surface area contributed by atoms with Gasteiger partial charge >= 0.3 is 5.97 Å². The molecule has 18 heavy (non-hydrogen) atoms. The van der Waals surface area contributed by atoms with Gasteiger partial charge in [0, 0.05) is 65.4 Å². The van der Waals surface area contributed by atoms with Gasteiger partial charge < -0.3 is 5.11 Å². The van der Waals surface area contributed by atoms with Crippen LogP contribution in [0.3, 0.4) is 0 Å². The summed E-state index contributed by atoms with van der Waals surface area (Å²) >= 11 is 0. The average Bonchev–Trinajstić information content (AvgIpc) is 2.32. The van der Waals surface area contributed by atoms with E-state index < -0.39 is 5.97 Å². The van der Waals surface area contributed by atoms with Crippen molar-refractivity contribution in [1.82, 2.24) is 0 Å². The first kappa shape index (κ1) is 20.4. The minimum absolute atomic E-state index is 0. The number of carboxylic acids is 1. The van der Waals surface area contributed by atoms with Crippen molar-refractivity contribution in [2.24, 2.45) is 0 Å². The smallest absolute Gasteiger partial charge is 0.311 e. The van der Waals surface area contributed by atoms with E-state index in [0.29, 0.717) is 5.56 Å². The molecule has 0 aliphatic carbocycles. The normalized spacial score (nSPS) is 7.83. The molecule has 2 nitrogen and oxygen atoms in total. The van der Waals surface area contributed by atoms with E-state index in [0.717, 1.165) is 0 Å². The molecule has 0 aliphatic heterocycles.